The molecule has 0 aliphatic carbocycles. The van der Waals surface area contributed by atoms with Crippen LogP contribution < -0.4 is 11.1 Å². The van der Waals surface area contributed by atoms with Crippen LogP contribution in [0.5, 0.6) is 0 Å². The second-order valence-corrected chi connectivity index (χ2v) is 3.61. The zero-order valence-corrected chi connectivity index (χ0v) is 9.78. The molecule has 2 amide bonds. The largest absolute Gasteiger partial charge is 0.456 e. The molecule has 0 spiro atoms. The van der Waals surface area contributed by atoms with Gasteiger partial charge in [-0.1, -0.05) is 20.3 Å². The van der Waals surface area contributed by atoms with Gasteiger partial charge in [-0.3, -0.25) is 14.4 Å². The van der Waals surface area contributed by atoms with Crippen LogP contribution in [0, 0.1) is 5.92 Å². The lowest BCUT2D eigenvalue weighted by Crippen LogP contribution is -2.49. The van der Waals surface area contributed by atoms with Gasteiger partial charge < -0.3 is 15.8 Å². The number of esters is 1. The molecule has 0 saturated carbocycles. The summed E-state index contributed by atoms with van der Waals surface area (Å²) in [5.74, 6) is -1.72. The Morgan fingerprint density at radius 2 is 1.94 bits per heavy atom. The van der Waals surface area contributed by atoms with Gasteiger partial charge in [0, 0.05) is 6.92 Å². The van der Waals surface area contributed by atoms with E-state index >= 15 is 0 Å². The standard InChI is InChI=1S/C10H18N2O4/c1-4-6(2)9(10(11)15)12-8(14)5-16-7(3)13/h6,9H,4-5H2,1-3H3,(H2,11,15)(H,12,14)/t6-,9-/m1/s1. The maximum atomic E-state index is 11.3. The summed E-state index contributed by atoms with van der Waals surface area (Å²) in [6.45, 7) is 4.50. The second kappa shape index (κ2) is 6.81. The molecule has 0 aromatic heterocycles. The molecule has 6 heteroatoms. The monoisotopic (exact) mass is 230 g/mol. The summed E-state index contributed by atoms with van der Waals surface area (Å²) in [6.07, 6.45) is 0.710. The zero-order valence-electron chi connectivity index (χ0n) is 9.78. The highest BCUT2D eigenvalue weighted by Crippen LogP contribution is 2.06. The molecule has 0 aromatic carbocycles. The highest BCUT2D eigenvalue weighted by atomic mass is 16.5. The number of amides is 2. The van der Waals surface area contributed by atoms with E-state index in [1.165, 1.54) is 6.92 Å². The molecule has 0 aliphatic rings. The maximum absolute atomic E-state index is 11.3. The van der Waals surface area contributed by atoms with Gasteiger partial charge in [-0.15, -0.1) is 0 Å². The first-order valence-corrected chi connectivity index (χ1v) is 5.10. The molecular formula is C10H18N2O4. The number of nitrogens with two attached hydrogens (primary N) is 1. The first-order chi connectivity index (χ1) is 7.38. The molecule has 0 aromatic rings. The molecule has 0 unspecified atom stereocenters. The summed E-state index contributed by atoms with van der Waals surface area (Å²) in [5.41, 5.74) is 5.16. The Balaban J connectivity index is 4.24. The van der Waals surface area contributed by atoms with E-state index in [0.29, 0.717) is 6.42 Å². The topological polar surface area (TPSA) is 98.5 Å². The maximum Gasteiger partial charge on any atom is 0.303 e. The van der Waals surface area contributed by atoms with Gasteiger partial charge in [-0.2, -0.15) is 0 Å². The van der Waals surface area contributed by atoms with Crippen LogP contribution in [-0.4, -0.2) is 30.4 Å². The number of hydrogen-bond donors (Lipinski definition) is 2. The van der Waals surface area contributed by atoms with Crippen molar-refractivity contribution in [3.05, 3.63) is 0 Å². The van der Waals surface area contributed by atoms with E-state index in [9.17, 15) is 14.4 Å². The third-order valence-corrected chi connectivity index (χ3v) is 2.24. The highest BCUT2D eigenvalue weighted by molar-refractivity contribution is 5.87. The van der Waals surface area contributed by atoms with Gasteiger partial charge in [0.1, 0.15) is 6.04 Å². The van der Waals surface area contributed by atoms with Crippen molar-refractivity contribution in [1.29, 1.82) is 0 Å². The number of hydrogen-bond acceptors (Lipinski definition) is 4. The Morgan fingerprint density at radius 3 is 2.31 bits per heavy atom. The lowest BCUT2D eigenvalue weighted by molar-refractivity contribution is -0.146. The Hall–Kier alpha value is -1.59. The van der Waals surface area contributed by atoms with E-state index in [1.54, 1.807) is 0 Å². The third-order valence-electron chi connectivity index (χ3n) is 2.24. The van der Waals surface area contributed by atoms with Crippen LogP contribution in [0.1, 0.15) is 27.2 Å². The number of primary amides is 1. The lowest BCUT2D eigenvalue weighted by atomic mass is 9.99. The number of carbonyl (C=O) groups is 3. The van der Waals surface area contributed by atoms with Gasteiger partial charge in [-0.05, 0) is 5.92 Å². The van der Waals surface area contributed by atoms with E-state index in [0.717, 1.165) is 0 Å². The summed E-state index contributed by atoms with van der Waals surface area (Å²) in [6, 6.07) is -0.729. The van der Waals surface area contributed by atoms with Crippen LogP contribution in [0.25, 0.3) is 0 Å². The van der Waals surface area contributed by atoms with Crippen LogP contribution in [-0.2, 0) is 19.1 Å². The van der Waals surface area contributed by atoms with E-state index in [2.05, 4.69) is 10.1 Å². The quantitative estimate of drug-likeness (QED) is 0.604. The van der Waals surface area contributed by atoms with Crippen molar-refractivity contribution >= 4 is 17.8 Å². The molecule has 0 radical (unpaired) electrons. The predicted molar refractivity (Wildman–Crippen MR) is 57.2 cm³/mol. The van der Waals surface area contributed by atoms with Crippen LogP contribution in [0.15, 0.2) is 0 Å². The molecule has 0 aliphatic heterocycles. The van der Waals surface area contributed by atoms with Gasteiger partial charge in [0.15, 0.2) is 6.61 Å². The Kier molecular flexibility index (Phi) is 6.14. The molecule has 0 rings (SSSR count). The average molecular weight is 230 g/mol. The molecule has 0 fully saturated rings. The number of ether oxygens (including phenoxy) is 1. The minimum absolute atomic E-state index is 0.0567. The Morgan fingerprint density at radius 1 is 1.38 bits per heavy atom. The summed E-state index contributed by atoms with van der Waals surface area (Å²) >= 11 is 0. The van der Waals surface area contributed by atoms with Crippen molar-refractivity contribution in [1.82, 2.24) is 5.32 Å². The molecule has 0 heterocycles. The fourth-order valence-corrected chi connectivity index (χ4v) is 1.11. The SMILES string of the molecule is CC[C@@H](C)[C@@H](NC(=O)COC(C)=O)C(N)=O. The van der Waals surface area contributed by atoms with Gasteiger partial charge in [-0.25, -0.2) is 0 Å². The van der Waals surface area contributed by atoms with Gasteiger partial charge in [0.05, 0.1) is 0 Å². The molecule has 0 bridgehead atoms. The third kappa shape index (κ3) is 5.33. The number of rotatable bonds is 6. The number of nitrogens with one attached hydrogen (secondary N) is 1. The summed E-state index contributed by atoms with van der Waals surface area (Å²) < 4.78 is 4.49. The lowest BCUT2D eigenvalue weighted by Gasteiger charge is -2.20. The zero-order chi connectivity index (χ0) is 12.7. The molecular weight excluding hydrogens is 212 g/mol. The van der Waals surface area contributed by atoms with E-state index in [4.69, 9.17) is 5.73 Å². The Bertz CT molecular complexity index is 278. The fourth-order valence-electron chi connectivity index (χ4n) is 1.11. The van der Waals surface area contributed by atoms with Crippen molar-refractivity contribution in [2.24, 2.45) is 11.7 Å². The highest BCUT2D eigenvalue weighted by Gasteiger charge is 2.23. The van der Waals surface area contributed by atoms with E-state index < -0.39 is 30.4 Å². The van der Waals surface area contributed by atoms with E-state index in [1.807, 2.05) is 13.8 Å². The molecule has 6 nitrogen and oxygen atoms in total. The van der Waals surface area contributed by atoms with Crippen molar-refractivity contribution in [3.8, 4) is 0 Å². The fraction of sp³-hybridized carbons (Fsp3) is 0.700. The van der Waals surface area contributed by atoms with Crippen molar-refractivity contribution in [3.63, 3.8) is 0 Å². The second-order valence-electron chi connectivity index (χ2n) is 3.61. The molecule has 0 saturated heterocycles. The van der Waals surface area contributed by atoms with E-state index in [-0.39, 0.29) is 5.92 Å². The molecule has 2 atom stereocenters. The van der Waals surface area contributed by atoms with Gasteiger partial charge in [0.2, 0.25) is 5.91 Å². The number of carbonyl (C=O) groups excluding carboxylic acids is 3. The predicted octanol–water partition coefficient (Wildman–Crippen LogP) is -0.434. The molecule has 92 valence electrons. The minimum Gasteiger partial charge on any atom is -0.456 e. The smallest absolute Gasteiger partial charge is 0.303 e. The van der Waals surface area contributed by atoms with Gasteiger partial charge >= 0.3 is 5.97 Å². The first-order valence-electron chi connectivity index (χ1n) is 5.10. The van der Waals surface area contributed by atoms with Crippen LogP contribution in [0.2, 0.25) is 0 Å². The summed E-state index contributed by atoms with van der Waals surface area (Å²) in [7, 11) is 0. The summed E-state index contributed by atoms with van der Waals surface area (Å²) in [4.78, 5) is 32.8. The van der Waals surface area contributed by atoms with Crippen LogP contribution >= 0.6 is 0 Å². The molecule has 16 heavy (non-hydrogen) atoms. The Labute approximate surface area is 94.5 Å². The van der Waals surface area contributed by atoms with Gasteiger partial charge in [0.25, 0.3) is 5.91 Å². The summed E-state index contributed by atoms with van der Waals surface area (Å²) in [5, 5.41) is 2.43. The minimum atomic E-state index is -0.729. The van der Waals surface area contributed by atoms with Crippen LogP contribution in [0.3, 0.4) is 0 Å². The van der Waals surface area contributed by atoms with Crippen LogP contribution in [0.4, 0.5) is 0 Å². The van der Waals surface area contributed by atoms with Crippen molar-refractivity contribution in [2.75, 3.05) is 6.61 Å². The first kappa shape index (κ1) is 14.4. The molecule has 3 N–H and O–H groups in total. The average Bonchev–Trinajstić information content (AvgIpc) is 2.21. The van der Waals surface area contributed by atoms with Crippen molar-refractivity contribution in [2.45, 2.75) is 33.2 Å². The normalized spacial score (nSPS) is 13.7. The van der Waals surface area contributed by atoms with Crippen molar-refractivity contribution < 1.29 is 19.1 Å².